The first-order valence-corrected chi connectivity index (χ1v) is 7.59. The van der Waals surface area contributed by atoms with Gasteiger partial charge in [-0.15, -0.1) is 7.94 Å². The molecule has 0 saturated carbocycles. The Morgan fingerprint density at radius 1 is 1.22 bits per heavy atom. The number of alkyl halides is 1. The van der Waals surface area contributed by atoms with Crippen molar-refractivity contribution >= 4 is 23.9 Å². The highest BCUT2D eigenvalue weighted by Crippen LogP contribution is 2.43. The molecule has 0 aliphatic carbocycles. The van der Waals surface area contributed by atoms with Crippen molar-refractivity contribution in [2.75, 3.05) is 7.11 Å². The van der Waals surface area contributed by atoms with Crippen LogP contribution in [0.25, 0.3) is 0 Å². The first kappa shape index (κ1) is 16.6. The van der Waals surface area contributed by atoms with Gasteiger partial charge in [0.15, 0.2) is 6.29 Å². The van der Waals surface area contributed by atoms with Crippen molar-refractivity contribution in [1.82, 2.24) is 0 Å². The van der Waals surface area contributed by atoms with Gasteiger partial charge in [0, 0.05) is 13.5 Å². The predicted molar refractivity (Wildman–Crippen MR) is 57.9 cm³/mol. The molecule has 1 aliphatic heterocycles. The summed E-state index contributed by atoms with van der Waals surface area (Å²) >= 11 is 2.67. The van der Waals surface area contributed by atoms with Gasteiger partial charge >= 0.3 is 0 Å². The second kappa shape index (κ2) is 6.36. The maximum absolute atomic E-state index is 10.8. The van der Waals surface area contributed by atoms with E-state index in [-0.39, 0.29) is 6.42 Å². The number of aliphatic hydroxyl groups excluding tert-OH is 3. The molecular formula is C8H14BrO8P-2. The first-order valence-electron chi connectivity index (χ1n) is 5.06. The summed E-state index contributed by atoms with van der Waals surface area (Å²) in [5.74, 6) is 0. The van der Waals surface area contributed by atoms with Gasteiger partial charge in [0.25, 0.3) is 0 Å². The Bertz CT molecular complexity index is 272. The fraction of sp³-hybridized carbons (Fsp3) is 1.00. The van der Waals surface area contributed by atoms with E-state index < -0.39 is 43.2 Å². The lowest BCUT2D eigenvalue weighted by atomic mass is 9.97. The molecule has 1 rings (SSSR count). The molecule has 8 nitrogen and oxygen atoms in total. The summed E-state index contributed by atoms with van der Waals surface area (Å²) in [4.78, 5) is 32.3. The third kappa shape index (κ3) is 3.80. The second-order valence-corrected chi connectivity index (χ2v) is 7.48. The van der Waals surface area contributed by atoms with Crippen LogP contribution in [0.3, 0.4) is 0 Å². The Morgan fingerprint density at radius 3 is 2.22 bits per heavy atom. The van der Waals surface area contributed by atoms with Crippen molar-refractivity contribution in [3.8, 4) is 0 Å². The molecule has 1 aliphatic rings. The van der Waals surface area contributed by atoms with Crippen LogP contribution in [0, 0.1) is 0 Å². The highest BCUT2D eigenvalue weighted by molar-refractivity contribution is 9.10. The molecule has 6 atom stereocenters. The van der Waals surface area contributed by atoms with Crippen LogP contribution in [0.2, 0.25) is 0 Å². The SMILES string of the molecule is CO[C@H]1O[C@H](CC(Br)[P+]([O-])([O-])[O-])[C@@H](O)[C@H](O)[C@H]1O. The van der Waals surface area contributed by atoms with Gasteiger partial charge < -0.3 is 39.5 Å². The molecule has 0 radical (unpaired) electrons. The quantitative estimate of drug-likeness (QED) is 0.348. The Balaban J connectivity index is 2.70. The highest BCUT2D eigenvalue weighted by Gasteiger charge is 2.44. The molecule has 10 heteroatoms. The smallest absolute Gasteiger partial charge is 0.186 e. The molecular weight excluding hydrogens is 335 g/mol. The number of rotatable bonds is 4. The van der Waals surface area contributed by atoms with E-state index >= 15 is 0 Å². The summed E-state index contributed by atoms with van der Waals surface area (Å²) in [5.41, 5.74) is 0. The van der Waals surface area contributed by atoms with Gasteiger partial charge in [-0.25, -0.2) is 0 Å². The molecule has 0 amide bonds. The number of methoxy groups -OCH3 is 1. The van der Waals surface area contributed by atoms with E-state index in [1.807, 2.05) is 0 Å². The van der Waals surface area contributed by atoms with Crippen molar-refractivity contribution in [2.45, 2.75) is 41.7 Å². The molecule has 3 N–H and O–H groups in total. The van der Waals surface area contributed by atoms with Crippen molar-refractivity contribution < 1.29 is 39.5 Å². The number of halogens is 1. The highest BCUT2D eigenvalue weighted by atomic mass is 79.9. The van der Waals surface area contributed by atoms with Crippen LogP contribution in [0.4, 0.5) is 0 Å². The van der Waals surface area contributed by atoms with Crippen molar-refractivity contribution in [1.29, 1.82) is 0 Å². The van der Waals surface area contributed by atoms with Gasteiger partial charge in [-0.2, -0.15) is 0 Å². The van der Waals surface area contributed by atoms with Gasteiger partial charge in [-0.3, -0.25) is 0 Å². The van der Waals surface area contributed by atoms with E-state index in [0.29, 0.717) is 0 Å². The maximum Gasteiger partial charge on any atom is 0.186 e. The Hall–Kier alpha value is 0.590. The summed E-state index contributed by atoms with van der Waals surface area (Å²) in [7, 11) is -3.66. The van der Waals surface area contributed by atoms with Crippen LogP contribution in [0.1, 0.15) is 6.42 Å². The largest absolute Gasteiger partial charge is 0.687 e. The molecule has 1 fully saturated rings. The molecule has 1 heterocycles. The monoisotopic (exact) mass is 348 g/mol. The van der Waals surface area contributed by atoms with Crippen LogP contribution in [-0.4, -0.2) is 57.7 Å². The molecule has 0 aromatic rings. The zero-order valence-corrected chi connectivity index (χ0v) is 11.9. The Labute approximate surface area is 112 Å². The topological polar surface area (TPSA) is 148 Å². The minimum absolute atomic E-state index is 0.366. The van der Waals surface area contributed by atoms with Gasteiger partial charge in [-0.1, -0.05) is 0 Å². The van der Waals surface area contributed by atoms with E-state index in [9.17, 15) is 30.0 Å². The summed E-state index contributed by atoms with van der Waals surface area (Å²) in [6, 6.07) is 0. The average Bonchev–Trinajstić information content (AvgIpc) is 2.28. The van der Waals surface area contributed by atoms with Crippen LogP contribution >= 0.6 is 23.9 Å². The van der Waals surface area contributed by atoms with Crippen molar-refractivity contribution in [2.24, 2.45) is 0 Å². The summed E-state index contributed by atoms with van der Waals surface area (Å²) < 4.78 is 8.38. The summed E-state index contributed by atoms with van der Waals surface area (Å²) in [6.45, 7) is 0. The lowest BCUT2D eigenvalue weighted by Gasteiger charge is -2.48. The first-order chi connectivity index (χ1) is 8.18. The number of hydrogen-bond donors (Lipinski definition) is 3. The second-order valence-electron chi connectivity index (χ2n) is 3.96. The van der Waals surface area contributed by atoms with Crippen LogP contribution in [0.5, 0.6) is 0 Å². The zero-order valence-electron chi connectivity index (χ0n) is 9.38. The van der Waals surface area contributed by atoms with Crippen LogP contribution in [-0.2, 0) is 9.47 Å². The Kier molecular flexibility index (Phi) is 5.88. The van der Waals surface area contributed by atoms with E-state index in [1.165, 1.54) is 7.11 Å². The fourth-order valence-corrected chi connectivity index (χ4v) is 2.46. The molecule has 0 aromatic carbocycles. The minimum Gasteiger partial charge on any atom is -0.687 e. The van der Waals surface area contributed by atoms with Gasteiger partial charge in [-0.05, 0) is 15.9 Å². The molecule has 18 heavy (non-hydrogen) atoms. The lowest BCUT2D eigenvalue weighted by Crippen LogP contribution is -2.58. The average molecular weight is 349 g/mol. The number of ether oxygens (including phenoxy) is 2. The maximum atomic E-state index is 10.8. The normalized spacial score (nSPS) is 39.7. The zero-order chi connectivity index (χ0) is 14.1. The van der Waals surface area contributed by atoms with E-state index in [0.717, 1.165) is 0 Å². The van der Waals surface area contributed by atoms with Gasteiger partial charge in [0.2, 0.25) is 0 Å². The third-order valence-electron chi connectivity index (χ3n) is 2.67. The molecule has 0 spiro atoms. The van der Waals surface area contributed by atoms with Crippen molar-refractivity contribution in [3.63, 3.8) is 0 Å². The number of aliphatic hydroxyl groups is 3. The number of hydrogen-bond acceptors (Lipinski definition) is 8. The standard InChI is InChI=1S/C8H16BrO8P/c1-16-8-7(12)6(11)5(10)3(17-8)2-4(9)18(13,14)15/h3-8,10-12H,2H2,1H3,(H2,13,14,15)/p-2/t3-,4?,5-,6+,7-,8+/m1/s1. The van der Waals surface area contributed by atoms with E-state index in [1.54, 1.807) is 0 Å². The molecule has 0 aromatic heterocycles. The molecule has 0 bridgehead atoms. The minimum atomic E-state index is -4.87. The summed E-state index contributed by atoms with van der Waals surface area (Å²) in [5, 5.41) is 28.6. The predicted octanol–water partition coefficient (Wildman–Crippen LogP) is -3.60. The van der Waals surface area contributed by atoms with Gasteiger partial charge in [0.05, 0.1) is 6.10 Å². The fourth-order valence-electron chi connectivity index (χ4n) is 1.63. The van der Waals surface area contributed by atoms with Crippen molar-refractivity contribution in [3.05, 3.63) is 0 Å². The third-order valence-corrected chi connectivity index (χ3v) is 5.45. The molecule has 108 valence electrons. The van der Waals surface area contributed by atoms with E-state index in [4.69, 9.17) is 9.47 Å². The van der Waals surface area contributed by atoms with Crippen LogP contribution in [0.15, 0.2) is 0 Å². The van der Waals surface area contributed by atoms with E-state index in [2.05, 4.69) is 15.9 Å². The summed E-state index contributed by atoms with van der Waals surface area (Å²) in [6.07, 6.45) is -7.24. The van der Waals surface area contributed by atoms with Crippen LogP contribution < -0.4 is 14.7 Å². The Morgan fingerprint density at radius 2 is 1.78 bits per heavy atom. The molecule has 1 unspecified atom stereocenters. The lowest BCUT2D eigenvalue weighted by molar-refractivity contribution is -0.429. The van der Waals surface area contributed by atoms with Gasteiger partial charge in [0.1, 0.15) is 22.9 Å². The molecule has 1 saturated heterocycles.